The number of benzene rings is 1. The van der Waals surface area contributed by atoms with Gasteiger partial charge in [0.1, 0.15) is 5.76 Å². The van der Waals surface area contributed by atoms with Crippen molar-refractivity contribution >= 4 is 34.6 Å². The highest BCUT2D eigenvalue weighted by Gasteiger charge is 2.19. The molecule has 3 N–H and O–H groups in total. The quantitative estimate of drug-likeness (QED) is 0.504. The lowest BCUT2D eigenvalue weighted by molar-refractivity contribution is -0.384. The minimum atomic E-state index is -0.552. The molecule has 0 saturated carbocycles. The van der Waals surface area contributed by atoms with Crippen LogP contribution in [0.25, 0.3) is 0 Å². The fraction of sp³-hybridized carbons (Fsp3) is 0.0769. The van der Waals surface area contributed by atoms with Crippen molar-refractivity contribution in [3.05, 3.63) is 58.0 Å². The summed E-state index contributed by atoms with van der Waals surface area (Å²) in [7, 11) is 0. The lowest BCUT2D eigenvalue weighted by atomic mass is 10.2. The number of furan rings is 1. The first-order chi connectivity index (χ1) is 10.4. The summed E-state index contributed by atoms with van der Waals surface area (Å²) in [5.41, 5.74) is 8.51. The van der Waals surface area contributed by atoms with Gasteiger partial charge in [0.25, 0.3) is 11.6 Å². The number of rotatable bonds is 3. The highest BCUT2D eigenvalue weighted by Crippen LogP contribution is 2.20. The van der Waals surface area contributed by atoms with Gasteiger partial charge in [-0.15, -0.1) is 0 Å². The summed E-state index contributed by atoms with van der Waals surface area (Å²) in [6, 6.07) is 7.07. The maximum atomic E-state index is 12.2. The second-order valence-electron chi connectivity index (χ2n) is 4.28. The topological polar surface area (TPSA) is 115 Å². The van der Waals surface area contributed by atoms with Gasteiger partial charge in [-0.25, -0.2) is 5.01 Å². The van der Waals surface area contributed by atoms with Crippen molar-refractivity contribution in [2.75, 3.05) is 5.01 Å². The van der Waals surface area contributed by atoms with Gasteiger partial charge in [-0.2, -0.15) is 0 Å². The van der Waals surface area contributed by atoms with Gasteiger partial charge in [0.2, 0.25) is 0 Å². The number of hydrazine groups is 1. The van der Waals surface area contributed by atoms with E-state index in [2.05, 4.69) is 5.43 Å². The van der Waals surface area contributed by atoms with E-state index < -0.39 is 10.8 Å². The van der Waals surface area contributed by atoms with Crippen LogP contribution in [0.3, 0.4) is 0 Å². The number of nitrogens with two attached hydrogens (primary N) is 1. The lowest BCUT2D eigenvalue weighted by Crippen LogP contribution is -2.49. The van der Waals surface area contributed by atoms with Crippen LogP contribution in [-0.4, -0.2) is 15.9 Å². The van der Waals surface area contributed by atoms with Crippen molar-refractivity contribution in [3.63, 3.8) is 0 Å². The molecule has 0 fully saturated rings. The number of anilines is 1. The van der Waals surface area contributed by atoms with E-state index in [1.54, 1.807) is 6.92 Å². The van der Waals surface area contributed by atoms with Crippen LogP contribution in [0.1, 0.15) is 16.1 Å². The average Bonchev–Trinajstić information content (AvgIpc) is 2.90. The van der Waals surface area contributed by atoms with E-state index in [4.69, 9.17) is 22.4 Å². The third kappa shape index (κ3) is 3.20. The maximum absolute atomic E-state index is 12.2. The van der Waals surface area contributed by atoms with Crippen LogP contribution in [0.4, 0.5) is 11.4 Å². The molecule has 0 unspecified atom stereocenters. The molecule has 1 amide bonds. The van der Waals surface area contributed by atoms with Crippen molar-refractivity contribution in [3.8, 4) is 0 Å². The molecule has 0 aliphatic heterocycles. The molecule has 9 heteroatoms. The van der Waals surface area contributed by atoms with Crippen LogP contribution < -0.4 is 16.2 Å². The molecular weight excluding hydrogens is 308 g/mol. The van der Waals surface area contributed by atoms with Gasteiger partial charge >= 0.3 is 0 Å². The SMILES string of the molecule is Cc1occc1C(=O)NN(C(N)=S)c1cccc([N+](=O)[O-])c1. The van der Waals surface area contributed by atoms with Crippen molar-refractivity contribution in [1.29, 1.82) is 0 Å². The number of non-ortho nitro benzene ring substituents is 1. The molecule has 8 nitrogen and oxygen atoms in total. The van der Waals surface area contributed by atoms with Crippen molar-refractivity contribution < 1.29 is 14.1 Å². The number of amides is 1. The third-order valence-electron chi connectivity index (χ3n) is 2.84. The van der Waals surface area contributed by atoms with E-state index in [9.17, 15) is 14.9 Å². The number of thiocarbonyl (C=S) groups is 1. The first-order valence-electron chi connectivity index (χ1n) is 6.09. The molecule has 1 aromatic heterocycles. The standard InChI is InChI=1S/C13H12N4O4S/c1-8-11(5-6-21-8)12(18)15-16(13(14)22)9-3-2-4-10(7-9)17(19)20/h2-7H,1H3,(H2,14,22)(H,15,18). The molecule has 0 saturated heterocycles. The molecule has 1 heterocycles. The summed E-state index contributed by atoms with van der Waals surface area (Å²) >= 11 is 4.88. The van der Waals surface area contributed by atoms with Crippen molar-refractivity contribution in [1.82, 2.24) is 5.43 Å². The second-order valence-corrected chi connectivity index (χ2v) is 4.70. The van der Waals surface area contributed by atoms with Gasteiger partial charge in [-0.3, -0.25) is 20.3 Å². The number of carbonyl (C=O) groups excluding carboxylic acids is 1. The number of aryl methyl sites for hydroxylation is 1. The van der Waals surface area contributed by atoms with Crippen LogP contribution in [-0.2, 0) is 0 Å². The molecule has 0 aliphatic rings. The zero-order valence-electron chi connectivity index (χ0n) is 11.5. The molecule has 0 bridgehead atoms. The molecule has 1 aromatic carbocycles. The third-order valence-corrected chi connectivity index (χ3v) is 3.02. The Labute approximate surface area is 130 Å². The maximum Gasteiger partial charge on any atom is 0.273 e. The van der Waals surface area contributed by atoms with E-state index in [0.717, 1.165) is 5.01 Å². The Morgan fingerprint density at radius 3 is 2.73 bits per heavy atom. The van der Waals surface area contributed by atoms with Crippen molar-refractivity contribution in [2.45, 2.75) is 6.92 Å². The Balaban J connectivity index is 2.29. The first-order valence-corrected chi connectivity index (χ1v) is 6.50. The fourth-order valence-electron chi connectivity index (χ4n) is 1.77. The smallest absolute Gasteiger partial charge is 0.273 e. The van der Waals surface area contributed by atoms with Gasteiger partial charge in [-0.05, 0) is 31.3 Å². The minimum Gasteiger partial charge on any atom is -0.469 e. The number of hydrogen-bond donors (Lipinski definition) is 2. The highest BCUT2D eigenvalue weighted by atomic mass is 32.1. The van der Waals surface area contributed by atoms with Gasteiger partial charge in [0, 0.05) is 12.1 Å². The van der Waals surface area contributed by atoms with E-state index in [1.807, 2.05) is 0 Å². The zero-order chi connectivity index (χ0) is 16.3. The fourth-order valence-corrected chi connectivity index (χ4v) is 1.93. The van der Waals surface area contributed by atoms with Crippen molar-refractivity contribution in [2.24, 2.45) is 5.73 Å². The Morgan fingerprint density at radius 2 is 2.18 bits per heavy atom. The van der Waals surface area contributed by atoms with Crippen LogP contribution in [0.2, 0.25) is 0 Å². The molecule has 2 rings (SSSR count). The van der Waals surface area contributed by atoms with Gasteiger partial charge in [-0.1, -0.05) is 6.07 Å². The molecule has 114 valence electrons. The molecular formula is C13H12N4O4S. The van der Waals surface area contributed by atoms with Crippen LogP contribution in [0.15, 0.2) is 41.0 Å². The summed E-state index contributed by atoms with van der Waals surface area (Å²) in [5.74, 6) is -0.0648. The van der Waals surface area contributed by atoms with Crippen LogP contribution in [0, 0.1) is 17.0 Å². The first kappa shape index (κ1) is 15.4. The summed E-state index contributed by atoms with van der Waals surface area (Å²) in [4.78, 5) is 22.4. The van der Waals surface area contributed by atoms with E-state index in [0.29, 0.717) is 11.3 Å². The largest absolute Gasteiger partial charge is 0.469 e. The number of carbonyl (C=O) groups is 1. The number of nitrogens with zero attached hydrogens (tertiary/aromatic N) is 2. The van der Waals surface area contributed by atoms with Gasteiger partial charge < -0.3 is 10.2 Å². The zero-order valence-corrected chi connectivity index (χ0v) is 12.3. The van der Waals surface area contributed by atoms with Crippen LogP contribution >= 0.6 is 12.2 Å². The molecule has 0 atom stereocenters. The molecule has 0 radical (unpaired) electrons. The average molecular weight is 320 g/mol. The normalized spacial score (nSPS) is 10.0. The molecule has 22 heavy (non-hydrogen) atoms. The summed E-state index contributed by atoms with van der Waals surface area (Å²) in [5, 5.41) is 11.8. The Hall–Kier alpha value is -2.94. The summed E-state index contributed by atoms with van der Waals surface area (Å²) < 4.78 is 5.05. The predicted octanol–water partition coefficient (Wildman–Crippen LogP) is 1.89. The Morgan fingerprint density at radius 1 is 1.45 bits per heavy atom. The highest BCUT2D eigenvalue weighted by molar-refractivity contribution is 7.80. The van der Waals surface area contributed by atoms with Crippen LogP contribution in [0.5, 0.6) is 0 Å². The van der Waals surface area contributed by atoms with E-state index in [1.165, 1.54) is 36.6 Å². The minimum absolute atomic E-state index is 0.146. The number of hydrogen-bond acceptors (Lipinski definition) is 5. The van der Waals surface area contributed by atoms with E-state index in [-0.39, 0.29) is 16.5 Å². The summed E-state index contributed by atoms with van der Waals surface area (Å²) in [6.45, 7) is 1.63. The predicted molar refractivity (Wildman–Crippen MR) is 83.3 cm³/mol. The summed E-state index contributed by atoms with van der Waals surface area (Å²) in [6.07, 6.45) is 1.38. The number of nitrogens with one attached hydrogen (secondary N) is 1. The number of nitro groups is 1. The lowest BCUT2D eigenvalue weighted by Gasteiger charge is -2.23. The Bertz CT molecular complexity index is 743. The molecule has 2 aromatic rings. The molecule has 0 spiro atoms. The molecule has 0 aliphatic carbocycles. The van der Waals surface area contributed by atoms with E-state index >= 15 is 0 Å². The monoisotopic (exact) mass is 320 g/mol. The number of nitro benzene ring substituents is 1. The Kier molecular flexibility index (Phi) is 4.37. The second kappa shape index (κ2) is 6.22. The van der Waals surface area contributed by atoms with Gasteiger partial charge in [0.05, 0.1) is 22.4 Å². The van der Waals surface area contributed by atoms with Gasteiger partial charge in [0.15, 0.2) is 5.11 Å².